The minimum Gasteiger partial charge on any atom is -0.444 e. The molecular weight excluding hydrogens is 282 g/mol. The number of hydrogen-bond donors (Lipinski definition) is 3. The minimum absolute atomic E-state index is 0.125. The Morgan fingerprint density at radius 2 is 2.05 bits per heavy atom. The van der Waals surface area contributed by atoms with Gasteiger partial charge >= 0.3 is 6.03 Å². The summed E-state index contributed by atoms with van der Waals surface area (Å²) in [6.45, 7) is 3.77. The van der Waals surface area contributed by atoms with Crippen LogP contribution in [0.2, 0.25) is 0 Å². The molecule has 6 heteroatoms. The molecule has 0 spiro atoms. The largest absolute Gasteiger partial charge is 0.444 e. The first-order chi connectivity index (χ1) is 10.6. The predicted octanol–water partition coefficient (Wildman–Crippen LogP) is 1.69. The summed E-state index contributed by atoms with van der Waals surface area (Å²) in [6, 6.07) is 9.01. The van der Waals surface area contributed by atoms with E-state index in [0.717, 1.165) is 17.0 Å². The zero-order valence-electron chi connectivity index (χ0n) is 12.8. The summed E-state index contributed by atoms with van der Waals surface area (Å²) in [5, 5.41) is 14.8. The SMILES string of the molecule is Cc1nc(CNC(=O)N[C@H](CO)Cc2ccccc2)oc1C. The number of aromatic nitrogens is 1. The highest BCUT2D eigenvalue weighted by atomic mass is 16.4. The van der Waals surface area contributed by atoms with Gasteiger partial charge in [0.2, 0.25) is 5.89 Å². The smallest absolute Gasteiger partial charge is 0.315 e. The van der Waals surface area contributed by atoms with Crippen molar-refractivity contribution in [2.24, 2.45) is 0 Å². The molecule has 3 N–H and O–H groups in total. The fourth-order valence-electron chi connectivity index (χ4n) is 2.07. The van der Waals surface area contributed by atoms with Crippen molar-refractivity contribution in [1.29, 1.82) is 0 Å². The quantitative estimate of drug-likeness (QED) is 0.758. The Morgan fingerprint density at radius 1 is 1.32 bits per heavy atom. The maximum Gasteiger partial charge on any atom is 0.315 e. The van der Waals surface area contributed by atoms with Gasteiger partial charge in [-0.1, -0.05) is 30.3 Å². The molecule has 22 heavy (non-hydrogen) atoms. The molecular formula is C16H21N3O3. The van der Waals surface area contributed by atoms with Crippen molar-refractivity contribution >= 4 is 6.03 Å². The van der Waals surface area contributed by atoms with Crippen molar-refractivity contribution in [3.8, 4) is 0 Å². The van der Waals surface area contributed by atoms with E-state index in [1.165, 1.54) is 0 Å². The molecule has 0 fully saturated rings. The summed E-state index contributed by atoms with van der Waals surface area (Å²) < 4.78 is 5.39. The van der Waals surface area contributed by atoms with E-state index in [1.54, 1.807) is 0 Å². The lowest BCUT2D eigenvalue weighted by atomic mass is 10.1. The van der Waals surface area contributed by atoms with Crippen LogP contribution >= 0.6 is 0 Å². The number of hydrogen-bond acceptors (Lipinski definition) is 4. The van der Waals surface area contributed by atoms with Crippen LogP contribution in [-0.4, -0.2) is 28.8 Å². The van der Waals surface area contributed by atoms with Crippen molar-refractivity contribution in [2.45, 2.75) is 32.9 Å². The molecule has 1 atom stereocenters. The second kappa shape index (κ2) is 7.61. The van der Waals surface area contributed by atoms with Crippen LogP contribution < -0.4 is 10.6 Å². The third-order valence-corrected chi connectivity index (χ3v) is 3.35. The number of nitrogens with zero attached hydrogens (tertiary/aromatic N) is 1. The van der Waals surface area contributed by atoms with Crippen LogP contribution in [0.4, 0.5) is 4.79 Å². The van der Waals surface area contributed by atoms with Crippen LogP contribution in [0.15, 0.2) is 34.7 Å². The lowest BCUT2D eigenvalue weighted by molar-refractivity contribution is 0.214. The van der Waals surface area contributed by atoms with Crippen molar-refractivity contribution in [1.82, 2.24) is 15.6 Å². The van der Waals surface area contributed by atoms with Gasteiger partial charge in [-0.05, 0) is 25.8 Å². The first-order valence-electron chi connectivity index (χ1n) is 7.20. The maximum atomic E-state index is 11.9. The van der Waals surface area contributed by atoms with Crippen LogP contribution in [-0.2, 0) is 13.0 Å². The molecule has 0 aliphatic heterocycles. The Hall–Kier alpha value is -2.34. The number of aryl methyl sites for hydroxylation is 2. The first-order valence-corrected chi connectivity index (χ1v) is 7.20. The summed E-state index contributed by atoms with van der Waals surface area (Å²) in [5.74, 6) is 1.21. The molecule has 2 rings (SSSR count). The van der Waals surface area contributed by atoms with Crippen LogP contribution in [0.1, 0.15) is 22.9 Å². The molecule has 6 nitrogen and oxygen atoms in total. The molecule has 2 aromatic rings. The number of rotatable bonds is 6. The summed E-state index contributed by atoms with van der Waals surface area (Å²) in [6.07, 6.45) is 0.571. The summed E-state index contributed by atoms with van der Waals surface area (Å²) in [7, 11) is 0. The average molecular weight is 303 g/mol. The number of nitrogens with one attached hydrogen (secondary N) is 2. The van der Waals surface area contributed by atoms with Crippen molar-refractivity contribution in [3.05, 3.63) is 53.2 Å². The lowest BCUT2D eigenvalue weighted by Crippen LogP contribution is -2.44. The number of aliphatic hydroxyl groups is 1. The topological polar surface area (TPSA) is 87.4 Å². The van der Waals surface area contributed by atoms with Gasteiger partial charge in [0.05, 0.1) is 24.9 Å². The van der Waals surface area contributed by atoms with Crippen molar-refractivity contribution in [3.63, 3.8) is 0 Å². The minimum atomic E-state index is -0.358. The fraction of sp³-hybridized carbons (Fsp3) is 0.375. The molecule has 0 radical (unpaired) electrons. The Balaban J connectivity index is 1.81. The molecule has 0 saturated carbocycles. The molecule has 0 aliphatic carbocycles. The Bertz CT molecular complexity index is 591. The number of carbonyl (C=O) groups is 1. The van der Waals surface area contributed by atoms with Crippen LogP contribution in [0.3, 0.4) is 0 Å². The molecule has 118 valence electrons. The first kappa shape index (κ1) is 16.0. The predicted molar refractivity (Wildman–Crippen MR) is 82.4 cm³/mol. The second-order valence-electron chi connectivity index (χ2n) is 5.15. The highest BCUT2D eigenvalue weighted by Crippen LogP contribution is 2.07. The van der Waals surface area contributed by atoms with E-state index in [9.17, 15) is 9.90 Å². The zero-order valence-corrected chi connectivity index (χ0v) is 12.8. The number of oxazole rings is 1. The van der Waals surface area contributed by atoms with E-state index in [0.29, 0.717) is 12.3 Å². The van der Waals surface area contributed by atoms with Crippen molar-refractivity contribution < 1.29 is 14.3 Å². The van der Waals surface area contributed by atoms with E-state index in [1.807, 2.05) is 44.2 Å². The highest BCUT2D eigenvalue weighted by molar-refractivity contribution is 5.74. The van der Waals surface area contributed by atoms with Gasteiger partial charge < -0.3 is 20.2 Å². The van der Waals surface area contributed by atoms with Gasteiger partial charge in [0.1, 0.15) is 5.76 Å². The average Bonchev–Trinajstić information content (AvgIpc) is 2.84. The van der Waals surface area contributed by atoms with E-state index >= 15 is 0 Å². The van der Waals surface area contributed by atoms with Crippen molar-refractivity contribution in [2.75, 3.05) is 6.61 Å². The Morgan fingerprint density at radius 3 is 2.64 bits per heavy atom. The Labute approximate surface area is 129 Å². The maximum absolute atomic E-state index is 11.9. The van der Waals surface area contributed by atoms with Gasteiger partial charge in [-0.15, -0.1) is 0 Å². The third-order valence-electron chi connectivity index (χ3n) is 3.35. The van der Waals surface area contributed by atoms with E-state index in [4.69, 9.17) is 4.42 Å². The van der Waals surface area contributed by atoms with Crippen LogP contribution in [0.25, 0.3) is 0 Å². The fourth-order valence-corrected chi connectivity index (χ4v) is 2.07. The van der Waals surface area contributed by atoms with Gasteiger partial charge in [0.15, 0.2) is 0 Å². The zero-order chi connectivity index (χ0) is 15.9. The molecule has 1 aromatic heterocycles. The summed E-state index contributed by atoms with van der Waals surface area (Å²) in [5.41, 5.74) is 1.87. The molecule has 2 amide bonds. The van der Waals surface area contributed by atoms with Crippen LogP contribution in [0.5, 0.6) is 0 Å². The molecule has 0 bridgehead atoms. The van der Waals surface area contributed by atoms with Gasteiger partial charge in [-0.25, -0.2) is 9.78 Å². The lowest BCUT2D eigenvalue weighted by Gasteiger charge is -2.16. The second-order valence-corrected chi connectivity index (χ2v) is 5.15. The number of amides is 2. The third kappa shape index (κ3) is 4.60. The standard InChI is InChI=1S/C16H21N3O3/c1-11-12(2)22-15(18-11)9-17-16(21)19-14(10-20)8-13-6-4-3-5-7-13/h3-7,14,20H,8-10H2,1-2H3,(H2,17,19,21)/t14-/m0/s1. The summed E-state index contributed by atoms with van der Waals surface area (Å²) >= 11 is 0. The molecule has 0 unspecified atom stereocenters. The van der Waals surface area contributed by atoms with Crippen LogP contribution in [0, 0.1) is 13.8 Å². The number of benzene rings is 1. The normalized spacial score (nSPS) is 12.0. The highest BCUT2D eigenvalue weighted by Gasteiger charge is 2.13. The van der Waals surface area contributed by atoms with E-state index in [-0.39, 0.29) is 25.2 Å². The van der Waals surface area contributed by atoms with Gasteiger partial charge in [-0.3, -0.25) is 0 Å². The summed E-state index contributed by atoms with van der Waals surface area (Å²) in [4.78, 5) is 16.1. The number of urea groups is 1. The Kier molecular flexibility index (Phi) is 5.55. The van der Waals surface area contributed by atoms with Gasteiger partial charge in [0, 0.05) is 0 Å². The van der Waals surface area contributed by atoms with E-state index in [2.05, 4.69) is 15.6 Å². The number of carbonyl (C=O) groups excluding carboxylic acids is 1. The van der Waals surface area contributed by atoms with E-state index < -0.39 is 0 Å². The number of aliphatic hydroxyl groups excluding tert-OH is 1. The van der Waals surface area contributed by atoms with Gasteiger partial charge in [0.25, 0.3) is 0 Å². The molecule has 1 heterocycles. The molecule has 0 aliphatic rings. The molecule has 0 saturated heterocycles. The van der Waals surface area contributed by atoms with Gasteiger partial charge in [-0.2, -0.15) is 0 Å². The monoisotopic (exact) mass is 303 g/mol. The molecule has 1 aromatic carbocycles.